The van der Waals surface area contributed by atoms with Crippen molar-refractivity contribution in [3.63, 3.8) is 0 Å². The SMILES string of the molecule is CCNC(=O)C(C)N(Cc1ccccc1C)C(=O)CN(c1ccc(F)cc1)S(=O)(=O)c1ccccc1. The molecule has 0 bridgehead atoms. The van der Waals surface area contributed by atoms with E-state index in [4.69, 9.17) is 0 Å². The summed E-state index contributed by atoms with van der Waals surface area (Å²) in [7, 11) is -4.17. The number of benzene rings is 3. The first kappa shape index (κ1) is 26.9. The van der Waals surface area contributed by atoms with Crippen LogP contribution in [0.5, 0.6) is 0 Å². The van der Waals surface area contributed by atoms with Crippen LogP contribution in [0.3, 0.4) is 0 Å². The average Bonchev–Trinajstić information content (AvgIpc) is 2.87. The molecule has 0 heterocycles. The monoisotopic (exact) mass is 511 g/mol. The van der Waals surface area contributed by atoms with E-state index < -0.39 is 34.3 Å². The number of nitrogens with one attached hydrogen (secondary N) is 1. The van der Waals surface area contributed by atoms with E-state index >= 15 is 0 Å². The molecule has 190 valence electrons. The highest BCUT2D eigenvalue weighted by Crippen LogP contribution is 2.25. The van der Waals surface area contributed by atoms with Gasteiger partial charge in [-0.1, -0.05) is 42.5 Å². The van der Waals surface area contributed by atoms with E-state index in [2.05, 4.69) is 5.32 Å². The van der Waals surface area contributed by atoms with Gasteiger partial charge in [0.15, 0.2) is 0 Å². The number of amides is 2. The fraction of sp³-hybridized carbons (Fsp3) is 0.259. The van der Waals surface area contributed by atoms with Crippen molar-refractivity contribution in [2.24, 2.45) is 0 Å². The first-order valence-electron chi connectivity index (χ1n) is 11.6. The van der Waals surface area contributed by atoms with Crippen LogP contribution < -0.4 is 9.62 Å². The summed E-state index contributed by atoms with van der Waals surface area (Å²) in [5.74, 6) is -1.45. The number of sulfonamides is 1. The maximum Gasteiger partial charge on any atom is 0.264 e. The minimum Gasteiger partial charge on any atom is -0.355 e. The van der Waals surface area contributed by atoms with Gasteiger partial charge >= 0.3 is 0 Å². The summed E-state index contributed by atoms with van der Waals surface area (Å²) in [5.41, 5.74) is 1.90. The Labute approximate surface area is 211 Å². The molecular weight excluding hydrogens is 481 g/mol. The van der Waals surface area contributed by atoms with Crippen LogP contribution in [0.25, 0.3) is 0 Å². The highest BCUT2D eigenvalue weighted by Gasteiger charge is 2.32. The lowest BCUT2D eigenvalue weighted by Crippen LogP contribution is -2.51. The van der Waals surface area contributed by atoms with Crippen LogP contribution in [-0.4, -0.2) is 44.3 Å². The van der Waals surface area contributed by atoms with Crippen LogP contribution in [0.2, 0.25) is 0 Å². The first-order chi connectivity index (χ1) is 17.1. The summed E-state index contributed by atoms with van der Waals surface area (Å²) in [6.45, 7) is 5.22. The molecule has 3 aromatic rings. The summed E-state index contributed by atoms with van der Waals surface area (Å²) in [6.07, 6.45) is 0. The largest absolute Gasteiger partial charge is 0.355 e. The highest BCUT2D eigenvalue weighted by atomic mass is 32.2. The van der Waals surface area contributed by atoms with Crippen molar-refractivity contribution in [1.82, 2.24) is 10.2 Å². The lowest BCUT2D eigenvalue weighted by molar-refractivity contribution is -0.139. The third-order valence-corrected chi connectivity index (χ3v) is 7.63. The number of hydrogen-bond donors (Lipinski definition) is 1. The number of carbonyl (C=O) groups is 2. The number of carbonyl (C=O) groups excluding carboxylic acids is 2. The quantitative estimate of drug-likeness (QED) is 0.448. The molecule has 1 atom stereocenters. The Bertz CT molecular complexity index is 1300. The minimum atomic E-state index is -4.17. The van der Waals surface area contributed by atoms with Gasteiger partial charge in [0.05, 0.1) is 10.6 Å². The lowest BCUT2D eigenvalue weighted by Gasteiger charge is -2.32. The van der Waals surface area contributed by atoms with E-state index in [1.807, 2.05) is 31.2 Å². The van der Waals surface area contributed by atoms with E-state index in [-0.39, 0.29) is 23.0 Å². The molecule has 0 aliphatic carbocycles. The van der Waals surface area contributed by atoms with Crippen molar-refractivity contribution in [1.29, 1.82) is 0 Å². The molecule has 0 aliphatic heterocycles. The molecule has 0 saturated carbocycles. The number of anilines is 1. The second-order valence-electron chi connectivity index (χ2n) is 8.32. The lowest BCUT2D eigenvalue weighted by atomic mass is 10.1. The zero-order valence-electron chi connectivity index (χ0n) is 20.5. The van der Waals surface area contributed by atoms with E-state index in [9.17, 15) is 22.4 Å². The number of halogens is 1. The van der Waals surface area contributed by atoms with Gasteiger partial charge in [0.1, 0.15) is 18.4 Å². The summed E-state index contributed by atoms with van der Waals surface area (Å²) >= 11 is 0. The second kappa shape index (κ2) is 11.8. The molecule has 0 radical (unpaired) electrons. The van der Waals surface area contributed by atoms with E-state index in [1.165, 1.54) is 29.2 Å². The molecule has 7 nitrogen and oxygen atoms in total. The Morgan fingerprint density at radius 2 is 1.56 bits per heavy atom. The van der Waals surface area contributed by atoms with Crippen LogP contribution in [0.1, 0.15) is 25.0 Å². The van der Waals surface area contributed by atoms with Gasteiger partial charge in [-0.3, -0.25) is 13.9 Å². The smallest absolute Gasteiger partial charge is 0.264 e. The first-order valence-corrected chi connectivity index (χ1v) is 13.0. The molecule has 1 N–H and O–H groups in total. The Balaban J connectivity index is 2.02. The zero-order valence-corrected chi connectivity index (χ0v) is 21.3. The van der Waals surface area contributed by atoms with Crippen LogP contribution in [-0.2, 0) is 26.2 Å². The number of likely N-dealkylation sites (N-methyl/N-ethyl adjacent to an activating group) is 1. The second-order valence-corrected chi connectivity index (χ2v) is 10.2. The third-order valence-electron chi connectivity index (χ3n) is 5.84. The van der Waals surface area contributed by atoms with Crippen LogP contribution >= 0.6 is 0 Å². The molecule has 0 aromatic heterocycles. The van der Waals surface area contributed by atoms with Crippen LogP contribution in [0.15, 0.2) is 83.8 Å². The van der Waals surface area contributed by atoms with E-state index in [0.717, 1.165) is 27.6 Å². The van der Waals surface area contributed by atoms with Gasteiger partial charge in [-0.25, -0.2) is 12.8 Å². The Hall–Kier alpha value is -3.72. The Kier molecular flexibility index (Phi) is 8.82. The average molecular weight is 512 g/mol. The van der Waals surface area contributed by atoms with Gasteiger partial charge in [-0.15, -0.1) is 0 Å². The number of aryl methyl sites for hydroxylation is 1. The van der Waals surface area contributed by atoms with E-state index in [0.29, 0.717) is 6.54 Å². The molecule has 1 unspecified atom stereocenters. The van der Waals surface area contributed by atoms with E-state index in [1.54, 1.807) is 32.0 Å². The van der Waals surface area contributed by atoms with Crippen molar-refractivity contribution in [3.8, 4) is 0 Å². The molecule has 2 amide bonds. The van der Waals surface area contributed by atoms with Crippen molar-refractivity contribution >= 4 is 27.5 Å². The zero-order chi connectivity index (χ0) is 26.3. The molecule has 9 heteroatoms. The maximum atomic E-state index is 13.7. The topological polar surface area (TPSA) is 86.8 Å². The number of hydrogen-bond acceptors (Lipinski definition) is 4. The standard InChI is InChI=1S/C27H30FN3O4S/c1-4-29-27(33)21(3)30(18-22-11-9-8-10-20(22)2)26(32)19-31(24-16-14-23(28)15-17-24)36(34,35)25-12-6-5-7-13-25/h5-17,21H,4,18-19H2,1-3H3,(H,29,33). The summed E-state index contributed by atoms with van der Waals surface area (Å²) < 4.78 is 41.7. The minimum absolute atomic E-state index is 0.00986. The normalized spacial score (nSPS) is 12.0. The van der Waals surface area contributed by atoms with Gasteiger partial charge in [0.25, 0.3) is 10.0 Å². The molecule has 0 spiro atoms. The molecule has 36 heavy (non-hydrogen) atoms. The van der Waals surface area contributed by atoms with Gasteiger partial charge in [0.2, 0.25) is 11.8 Å². The molecule has 0 fully saturated rings. The van der Waals surface area contributed by atoms with Crippen LogP contribution in [0, 0.1) is 12.7 Å². The van der Waals surface area contributed by atoms with Gasteiger partial charge < -0.3 is 10.2 Å². The third kappa shape index (κ3) is 6.28. The maximum absolute atomic E-state index is 13.7. The van der Waals surface area contributed by atoms with Crippen molar-refractivity contribution in [2.75, 3.05) is 17.4 Å². The molecule has 0 aliphatic rings. The van der Waals surface area contributed by atoms with Gasteiger partial charge in [0, 0.05) is 13.1 Å². The van der Waals surface area contributed by atoms with Crippen molar-refractivity contribution in [3.05, 3.63) is 95.8 Å². The highest BCUT2D eigenvalue weighted by molar-refractivity contribution is 7.92. The molecule has 3 rings (SSSR count). The molecule has 3 aromatic carbocycles. The predicted molar refractivity (Wildman–Crippen MR) is 137 cm³/mol. The Morgan fingerprint density at radius 3 is 2.17 bits per heavy atom. The van der Waals surface area contributed by atoms with Crippen molar-refractivity contribution in [2.45, 2.75) is 38.3 Å². The number of rotatable bonds is 10. The van der Waals surface area contributed by atoms with Gasteiger partial charge in [-0.2, -0.15) is 0 Å². The van der Waals surface area contributed by atoms with Gasteiger partial charge in [-0.05, 0) is 68.3 Å². The fourth-order valence-corrected chi connectivity index (χ4v) is 5.17. The van der Waals surface area contributed by atoms with Crippen LogP contribution in [0.4, 0.5) is 10.1 Å². The summed E-state index contributed by atoms with van der Waals surface area (Å²) in [5, 5.41) is 2.72. The Morgan fingerprint density at radius 1 is 0.944 bits per heavy atom. The summed E-state index contributed by atoms with van der Waals surface area (Å²) in [6, 6.07) is 19.2. The van der Waals surface area contributed by atoms with Crippen molar-refractivity contribution < 1.29 is 22.4 Å². The fourth-order valence-electron chi connectivity index (χ4n) is 3.73. The molecular formula is C27H30FN3O4S. The number of nitrogens with zero attached hydrogens (tertiary/aromatic N) is 2. The molecule has 0 saturated heterocycles. The summed E-state index contributed by atoms with van der Waals surface area (Å²) in [4.78, 5) is 27.8. The predicted octanol–water partition coefficient (Wildman–Crippen LogP) is 3.88.